The van der Waals surface area contributed by atoms with Gasteiger partial charge in [0, 0.05) is 25.3 Å². The van der Waals surface area contributed by atoms with E-state index in [2.05, 4.69) is 5.32 Å². The van der Waals surface area contributed by atoms with Crippen molar-refractivity contribution in [2.45, 2.75) is 13.0 Å². The average molecular weight is 311 g/mol. The van der Waals surface area contributed by atoms with Gasteiger partial charge < -0.3 is 10.2 Å². The van der Waals surface area contributed by atoms with Crippen molar-refractivity contribution in [3.8, 4) is 0 Å². The van der Waals surface area contributed by atoms with Crippen molar-refractivity contribution in [2.75, 3.05) is 24.3 Å². The van der Waals surface area contributed by atoms with E-state index in [1.807, 2.05) is 31.1 Å². The minimum atomic E-state index is -0.564. The number of nitrogens with zero attached hydrogens (tertiary/aromatic N) is 1. The lowest BCUT2D eigenvalue weighted by molar-refractivity contribution is 0.544. The molecule has 2 nitrogen and oxygen atoms in total. The van der Waals surface area contributed by atoms with Crippen LogP contribution in [0.25, 0.3) is 0 Å². The molecule has 0 saturated heterocycles. The molecule has 0 heterocycles. The van der Waals surface area contributed by atoms with Gasteiger partial charge in [-0.05, 0) is 37.3 Å². The van der Waals surface area contributed by atoms with Crippen LogP contribution in [0.3, 0.4) is 0 Å². The van der Waals surface area contributed by atoms with Crippen molar-refractivity contribution in [1.29, 1.82) is 0 Å². The first-order chi connectivity index (χ1) is 9.90. The fraction of sp³-hybridized carbons (Fsp3) is 0.250. The summed E-state index contributed by atoms with van der Waals surface area (Å²) in [5.41, 5.74) is 1.61. The van der Waals surface area contributed by atoms with Crippen LogP contribution in [0.5, 0.6) is 0 Å². The Kier molecular flexibility index (Phi) is 4.68. The Morgan fingerprint density at radius 3 is 2.24 bits per heavy atom. The molecule has 112 valence electrons. The van der Waals surface area contributed by atoms with Gasteiger partial charge in [-0.1, -0.05) is 17.7 Å². The Morgan fingerprint density at radius 1 is 1.10 bits per heavy atom. The monoisotopic (exact) mass is 310 g/mol. The lowest BCUT2D eigenvalue weighted by atomic mass is 10.1. The Balaban J connectivity index is 2.24. The zero-order valence-electron chi connectivity index (χ0n) is 12.1. The highest BCUT2D eigenvalue weighted by molar-refractivity contribution is 6.33. The number of nitrogens with one attached hydrogen (secondary N) is 1. The van der Waals surface area contributed by atoms with Gasteiger partial charge in [-0.15, -0.1) is 0 Å². The lowest BCUT2D eigenvalue weighted by Crippen LogP contribution is -2.12. The molecule has 0 saturated carbocycles. The molecule has 0 fully saturated rings. The molecule has 0 aromatic heterocycles. The number of halogens is 3. The highest BCUT2D eigenvalue weighted by atomic mass is 35.5. The molecule has 0 radical (unpaired) electrons. The van der Waals surface area contributed by atoms with Crippen LogP contribution < -0.4 is 10.2 Å². The molecule has 2 rings (SSSR count). The summed E-state index contributed by atoms with van der Waals surface area (Å²) in [4.78, 5) is 1.89. The second-order valence-electron chi connectivity index (χ2n) is 5.06. The SMILES string of the molecule is CC(Nc1ccc(N(C)C)c(Cl)c1)c1c(F)cccc1F. The second-order valence-corrected chi connectivity index (χ2v) is 5.47. The van der Waals surface area contributed by atoms with E-state index in [1.54, 1.807) is 13.0 Å². The van der Waals surface area contributed by atoms with Gasteiger partial charge in [0.1, 0.15) is 11.6 Å². The van der Waals surface area contributed by atoms with Gasteiger partial charge in [0.2, 0.25) is 0 Å². The topological polar surface area (TPSA) is 15.3 Å². The Hall–Kier alpha value is -1.81. The molecular formula is C16H17ClF2N2. The molecule has 2 aromatic rings. The molecule has 0 spiro atoms. The van der Waals surface area contributed by atoms with E-state index >= 15 is 0 Å². The van der Waals surface area contributed by atoms with Gasteiger partial charge in [-0.25, -0.2) is 8.78 Å². The largest absolute Gasteiger partial charge is 0.378 e. The molecule has 0 bridgehead atoms. The van der Waals surface area contributed by atoms with Gasteiger partial charge in [0.05, 0.1) is 16.8 Å². The fourth-order valence-electron chi connectivity index (χ4n) is 2.21. The van der Waals surface area contributed by atoms with Crippen molar-refractivity contribution < 1.29 is 8.78 Å². The molecule has 21 heavy (non-hydrogen) atoms. The third kappa shape index (κ3) is 3.45. The summed E-state index contributed by atoms with van der Waals surface area (Å²) in [5, 5.41) is 3.64. The van der Waals surface area contributed by atoms with Crippen LogP contribution in [0, 0.1) is 11.6 Å². The van der Waals surface area contributed by atoms with Crippen LogP contribution in [-0.2, 0) is 0 Å². The third-order valence-corrected chi connectivity index (χ3v) is 3.55. The number of hydrogen-bond donors (Lipinski definition) is 1. The average Bonchev–Trinajstić information content (AvgIpc) is 2.37. The Labute approximate surface area is 128 Å². The maximum absolute atomic E-state index is 13.7. The summed E-state index contributed by atoms with van der Waals surface area (Å²) < 4.78 is 27.5. The van der Waals surface area contributed by atoms with E-state index in [9.17, 15) is 8.78 Å². The first-order valence-corrected chi connectivity index (χ1v) is 6.95. The highest BCUT2D eigenvalue weighted by Gasteiger charge is 2.16. The fourth-order valence-corrected chi connectivity index (χ4v) is 2.56. The minimum absolute atomic E-state index is 0.0188. The lowest BCUT2D eigenvalue weighted by Gasteiger charge is -2.19. The molecule has 0 aliphatic rings. The molecule has 0 aliphatic carbocycles. The molecule has 1 atom stereocenters. The van der Waals surface area contributed by atoms with E-state index in [0.29, 0.717) is 10.7 Å². The van der Waals surface area contributed by atoms with E-state index in [1.165, 1.54) is 18.2 Å². The maximum Gasteiger partial charge on any atom is 0.131 e. The van der Waals surface area contributed by atoms with Gasteiger partial charge >= 0.3 is 0 Å². The number of benzene rings is 2. The van der Waals surface area contributed by atoms with Crippen LogP contribution in [0.2, 0.25) is 5.02 Å². The van der Waals surface area contributed by atoms with Crippen molar-refractivity contribution in [3.63, 3.8) is 0 Å². The van der Waals surface area contributed by atoms with Crippen molar-refractivity contribution in [2.24, 2.45) is 0 Å². The van der Waals surface area contributed by atoms with Gasteiger partial charge in [0.15, 0.2) is 0 Å². The normalized spacial score (nSPS) is 12.1. The summed E-state index contributed by atoms with van der Waals surface area (Å²) in [7, 11) is 3.79. The van der Waals surface area contributed by atoms with E-state index in [4.69, 9.17) is 11.6 Å². The van der Waals surface area contributed by atoms with Crippen molar-refractivity contribution in [1.82, 2.24) is 0 Å². The quantitative estimate of drug-likeness (QED) is 0.867. The smallest absolute Gasteiger partial charge is 0.131 e. The molecule has 0 aliphatic heterocycles. The van der Waals surface area contributed by atoms with Crippen LogP contribution in [0.15, 0.2) is 36.4 Å². The molecular weight excluding hydrogens is 294 g/mol. The minimum Gasteiger partial charge on any atom is -0.378 e. The molecule has 1 unspecified atom stereocenters. The number of rotatable bonds is 4. The summed E-state index contributed by atoms with van der Waals surface area (Å²) in [6, 6.07) is 8.77. The predicted octanol–water partition coefficient (Wildman–Crippen LogP) is 4.86. The molecule has 0 amide bonds. The van der Waals surface area contributed by atoms with Crippen LogP contribution in [-0.4, -0.2) is 14.1 Å². The Bertz CT molecular complexity index is 624. The molecule has 1 N–H and O–H groups in total. The summed E-state index contributed by atoms with van der Waals surface area (Å²) in [6.07, 6.45) is 0. The Morgan fingerprint density at radius 2 is 1.71 bits per heavy atom. The van der Waals surface area contributed by atoms with Crippen LogP contribution in [0.4, 0.5) is 20.2 Å². The summed E-state index contributed by atoms with van der Waals surface area (Å²) >= 11 is 6.19. The van der Waals surface area contributed by atoms with Gasteiger partial charge in [0.25, 0.3) is 0 Å². The van der Waals surface area contributed by atoms with Gasteiger partial charge in [-0.3, -0.25) is 0 Å². The predicted molar refractivity (Wildman–Crippen MR) is 84.2 cm³/mol. The standard InChI is InChI=1S/C16H17ClF2N2/c1-10(16-13(18)5-4-6-14(16)19)20-11-7-8-15(21(2)3)12(17)9-11/h4-10,20H,1-3H3. The van der Waals surface area contributed by atoms with Crippen molar-refractivity contribution >= 4 is 23.0 Å². The maximum atomic E-state index is 13.7. The number of anilines is 2. The summed E-state index contributed by atoms with van der Waals surface area (Å²) in [5.74, 6) is -1.13. The first kappa shape index (κ1) is 15.6. The molecule has 2 aromatic carbocycles. The van der Waals surface area contributed by atoms with E-state index in [0.717, 1.165) is 5.69 Å². The number of hydrogen-bond acceptors (Lipinski definition) is 2. The second kappa shape index (κ2) is 6.31. The highest BCUT2D eigenvalue weighted by Crippen LogP contribution is 2.30. The van der Waals surface area contributed by atoms with Crippen molar-refractivity contribution in [3.05, 3.63) is 58.6 Å². The van der Waals surface area contributed by atoms with Crippen LogP contribution in [0.1, 0.15) is 18.5 Å². The third-order valence-electron chi connectivity index (χ3n) is 3.25. The van der Waals surface area contributed by atoms with Gasteiger partial charge in [-0.2, -0.15) is 0 Å². The zero-order chi connectivity index (χ0) is 15.6. The summed E-state index contributed by atoms with van der Waals surface area (Å²) in [6.45, 7) is 1.70. The zero-order valence-corrected chi connectivity index (χ0v) is 12.9. The van der Waals surface area contributed by atoms with E-state index in [-0.39, 0.29) is 5.56 Å². The van der Waals surface area contributed by atoms with E-state index < -0.39 is 17.7 Å². The van der Waals surface area contributed by atoms with Crippen LogP contribution >= 0.6 is 11.6 Å². The first-order valence-electron chi connectivity index (χ1n) is 6.57. The molecule has 5 heteroatoms.